The summed E-state index contributed by atoms with van der Waals surface area (Å²) in [5, 5.41) is 6.83. The molecule has 0 N–H and O–H groups in total. The summed E-state index contributed by atoms with van der Waals surface area (Å²) in [5.41, 5.74) is 17.8. The lowest BCUT2D eigenvalue weighted by molar-refractivity contribution is 0.669. The van der Waals surface area contributed by atoms with E-state index in [1.54, 1.807) is 0 Å². The number of rotatable bonds is 8. The lowest BCUT2D eigenvalue weighted by Gasteiger charge is -2.17. The van der Waals surface area contributed by atoms with E-state index < -0.39 is 0 Å². The summed E-state index contributed by atoms with van der Waals surface area (Å²) in [7, 11) is 0. The summed E-state index contributed by atoms with van der Waals surface area (Å²) in [4.78, 5) is 10.9. The molecule has 11 aromatic carbocycles. The molecular formula is C66H42N2O. The van der Waals surface area contributed by atoms with E-state index in [9.17, 15) is 0 Å². The highest BCUT2D eigenvalue weighted by Gasteiger charge is 2.21. The molecule has 69 heavy (non-hydrogen) atoms. The second kappa shape index (κ2) is 16.9. The summed E-state index contributed by atoms with van der Waals surface area (Å²) in [6.45, 7) is 0. The Kier molecular flexibility index (Phi) is 9.84. The van der Waals surface area contributed by atoms with E-state index in [1.807, 2.05) is 6.07 Å². The average Bonchev–Trinajstić information content (AvgIpc) is 3.83. The zero-order chi connectivity index (χ0) is 45.7. The van der Waals surface area contributed by atoms with Crippen LogP contribution in [0.5, 0.6) is 0 Å². The van der Waals surface area contributed by atoms with Crippen LogP contribution in [0.15, 0.2) is 259 Å². The number of hydrogen-bond acceptors (Lipinski definition) is 3. The molecule has 3 heteroatoms. The predicted octanol–water partition coefficient (Wildman–Crippen LogP) is 18.0. The van der Waals surface area contributed by atoms with Crippen LogP contribution in [0.3, 0.4) is 0 Å². The first-order valence-corrected chi connectivity index (χ1v) is 23.5. The van der Waals surface area contributed by atoms with Gasteiger partial charge in [0.2, 0.25) is 0 Å². The van der Waals surface area contributed by atoms with Crippen molar-refractivity contribution in [3.63, 3.8) is 0 Å². The smallest absolute Gasteiger partial charge is 0.160 e. The van der Waals surface area contributed by atoms with Crippen LogP contribution in [0.25, 0.3) is 133 Å². The molecule has 2 heterocycles. The summed E-state index contributed by atoms with van der Waals surface area (Å²) < 4.78 is 6.77. The van der Waals surface area contributed by atoms with E-state index in [2.05, 4.69) is 249 Å². The van der Waals surface area contributed by atoms with Crippen LogP contribution in [0.2, 0.25) is 0 Å². The molecule has 0 aliphatic rings. The lowest BCUT2D eigenvalue weighted by Crippen LogP contribution is -1.97. The highest BCUT2D eigenvalue weighted by Crippen LogP contribution is 2.44. The van der Waals surface area contributed by atoms with Gasteiger partial charge in [-0.25, -0.2) is 9.97 Å². The highest BCUT2D eigenvalue weighted by atomic mass is 16.3. The van der Waals surface area contributed by atoms with Crippen molar-refractivity contribution < 1.29 is 4.42 Å². The minimum atomic E-state index is 0.648. The van der Waals surface area contributed by atoms with Gasteiger partial charge in [-0.2, -0.15) is 0 Å². The van der Waals surface area contributed by atoms with Crippen LogP contribution in [-0.4, -0.2) is 9.97 Å². The Morgan fingerprint density at radius 1 is 0.246 bits per heavy atom. The van der Waals surface area contributed by atoms with Crippen molar-refractivity contribution >= 4 is 43.5 Å². The van der Waals surface area contributed by atoms with Crippen LogP contribution in [0, 0.1) is 0 Å². The van der Waals surface area contributed by atoms with Crippen molar-refractivity contribution in [1.82, 2.24) is 9.97 Å². The van der Waals surface area contributed by atoms with Gasteiger partial charge in [0, 0.05) is 27.5 Å². The van der Waals surface area contributed by atoms with E-state index in [4.69, 9.17) is 14.4 Å². The molecule has 0 amide bonds. The van der Waals surface area contributed by atoms with Gasteiger partial charge in [-0.1, -0.05) is 212 Å². The van der Waals surface area contributed by atoms with Gasteiger partial charge >= 0.3 is 0 Å². The SMILES string of the molecule is c1ccc(-c2ccc(-c3nc(-c4ccc(-c5cc(-c6ccccc6)cc(-c6ccccc6)c5)c(-c5ccccc5)c4)cc(-c4cc5oc6ccc7ccccc7c6c5c5ccccc45)n3)cc2)cc1. The minimum Gasteiger partial charge on any atom is -0.456 e. The number of benzene rings is 11. The van der Waals surface area contributed by atoms with Gasteiger partial charge in [0.1, 0.15) is 11.2 Å². The normalized spacial score (nSPS) is 11.5. The predicted molar refractivity (Wildman–Crippen MR) is 288 cm³/mol. The molecule has 0 bridgehead atoms. The van der Waals surface area contributed by atoms with Crippen LogP contribution in [0.1, 0.15) is 0 Å². The van der Waals surface area contributed by atoms with Gasteiger partial charge in [0.25, 0.3) is 0 Å². The second-order valence-corrected chi connectivity index (χ2v) is 17.7. The van der Waals surface area contributed by atoms with Gasteiger partial charge in [0.05, 0.1) is 11.4 Å². The Labute approximate surface area is 400 Å². The number of aromatic nitrogens is 2. The minimum absolute atomic E-state index is 0.648. The summed E-state index contributed by atoms with van der Waals surface area (Å²) in [6.07, 6.45) is 0. The third-order valence-corrected chi connectivity index (χ3v) is 13.5. The van der Waals surface area contributed by atoms with Gasteiger partial charge in [-0.3, -0.25) is 0 Å². The molecule has 13 aromatic rings. The third kappa shape index (κ3) is 7.34. The first-order valence-electron chi connectivity index (χ1n) is 23.5. The maximum atomic E-state index is 6.77. The molecule has 13 rings (SSSR count). The summed E-state index contributed by atoms with van der Waals surface area (Å²) in [6, 6.07) is 90.6. The van der Waals surface area contributed by atoms with Crippen LogP contribution < -0.4 is 0 Å². The Bertz CT molecular complexity index is 3970. The van der Waals surface area contributed by atoms with Crippen molar-refractivity contribution in [3.8, 4) is 89.5 Å². The zero-order valence-electron chi connectivity index (χ0n) is 37.6. The molecule has 0 radical (unpaired) electrons. The average molecular weight is 879 g/mol. The molecule has 2 aromatic heterocycles. The topological polar surface area (TPSA) is 38.9 Å². The first kappa shape index (κ1) is 40.1. The standard InChI is InChI=1S/C66H42N2O/c1-5-17-43(18-6-1)46-29-31-49(32-30-46)66-67-60(42-61(68-66)59-41-63-65(57-28-16-15-27-56(57)59)64-55-26-14-13-25-48(55)34-36-62(64)69-63)50-33-35-54(58(40-50)47-23-11-4-12-24-47)53-38-51(44-19-7-2-8-20-44)37-52(39-53)45-21-9-3-10-22-45/h1-42H. The number of hydrogen-bond donors (Lipinski definition) is 0. The second-order valence-electron chi connectivity index (χ2n) is 17.7. The monoisotopic (exact) mass is 878 g/mol. The van der Waals surface area contributed by atoms with Gasteiger partial charge in [-0.05, 0) is 120 Å². The number of nitrogens with zero attached hydrogens (tertiary/aromatic N) is 2. The molecule has 0 aliphatic carbocycles. The fourth-order valence-corrected chi connectivity index (χ4v) is 10.1. The molecule has 0 spiro atoms. The number of furan rings is 1. The zero-order valence-corrected chi connectivity index (χ0v) is 37.6. The number of fused-ring (bicyclic) bond motifs is 7. The van der Waals surface area contributed by atoms with Crippen molar-refractivity contribution in [2.24, 2.45) is 0 Å². The quantitative estimate of drug-likeness (QED) is 0.153. The molecule has 0 unspecified atom stereocenters. The van der Waals surface area contributed by atoms with Crippen molar-refractivity contribution in [1.29, 1.82) is 0 Å². The summed E-state index contributed by atoms with van der Waals surface area (Å²) in [5.74, 6) is 0.648. The van der Waals surface area contributed by atoms with Crippen LogP contribution >= 0.6 is 0 Å². The van der Waals surface area contributed by atoms with E-state index >= 15 is 0 Å². The molecule has 322 valence electrons. The molecule has 0 atom stereocenters. The molecule has 0 saturated carbocycles. The Balaban J connectivity index is 1.03. The van der Waals surface area contributed by atoms with Gasteiger partial charge < -0.3 is 4.42 Å². The first-order chi connectivity index (χ1) is 34.2. The van der Waals surface area contributed by atoms with Crippen molar-refractivity contribution in [2.45, 2.75) is 0 Å². The maximum absolute atomic E-state index is 6.77. The Morgan fingerprint density at radius 2 is 0.739 bits per heavy atom. The molecular weight excluding hydrogens is 837 g/mol. The third-order valence-electron chi connectivity index (χ3n) is 13.5. The van der Waals surface area contributed by atoms with Crippen LogP contribution in [0.4, 0.5) is 0 Å². The molecule has 3 nitrogen and oxygen atoms in total. The van der Waals surface area contributed by atoms with Crippen molar-refractivity contribution in [3.05, 3.63) is 255 Å². The maximum Gasteiger partial charge on any atom is 0.160 e. The van der Waals surface area contributed by atoms with E-state index in [0.717, 1.165) is 94.2 Å². The van der Waals surface area contributed by atoms with E-state index in [1.165, 1.54) is 33.0 Å². The lowest BCUT2D eigenvalue weighted by atomic mass is 9.88. The van der Waals surface area contributed by atoms with Crippen molar-refractivity contribution in [2.75, 3.05) is 0 Å². The Morgan fingerprint density at radius 3 is 1.41 bits per heavy atom. The largest absolute Gasteiger partial charge is 0.456 e. The Hall–Kier alpha value is -9.18. The highest BCUT2D eigenvalue weighted by molar-refractivity contribution is 6.28. The molecule has 0 saturated heterocycles. The van der Waals surface area contributed by atoms with E-state index in [0.29, 0.717) is 5.82 Å². The van der Waals surface area contributed by atoms with Gasteiger partial charge in [0.15, 0.2) is 5.82 Å². The van der Waals surface area contributed by atoms with E-state index in [-0.39, 0.29) is 0 Å². The fraction of sp³-hybridized carbons (Fsp3) is 0. The van der Waals surface area contributed by atoms with Crippen LogP contribution in [-0.2, 0) is 0 Å². The van der Waals surface area contributed by atoms with Gasteiger partial charge in [-0.15, -0.1) is 0 Å². The summed E-state index contributed by atoms with van der Waals surface area (Å²) >= 11 is 0. The molecule has 0 fully saturated rings. The molecule has 0 aliphatic heterocycles. The fourth-order valence-electron chi connectivity index (χ4n) is 10.1.